The van der Waals surface area contributed by atoms with Crippen molar-refractivity contribution in [2.75, 3.05) is 38.1 Å². The van der Waals surface area contributed by atoms with Gasteiger partial charge in [0.2, 0.25) is 5.91 Å². The molecule has 0 rings (SSSR count). The van der Waals surface area contributed by atoms with Gasteiger partial charge in [0, 0.05) is 31.1 Å². The van der Waals surface area contributed by atoms with Gasteiger partial charge in [-0.25, -0.2) is 0 Å². The predicted octanol–water partition coefficient (Wildman–Crippen LogP) is 11.7. The van der Waals surface area contributed by atoms with Crippen molar-refractivity contribution in [1.82, 2.24) is 15.7 Å². The van der Waals surface area contributed by atoms with Crippen molar-refractivity contribution in [2.45, 2.75) is 141 Å². The van der Waals surface area contributed by atoms with Gasteiger partial charge in [0.1, 0.15) is 5.76 Å². The number of allylic oxidation sites excluding steroid dienone is 2. The fraction of sp³-hybridized carbons (Fsp3) is 0.757. The van der Waals surface area contributed by atoms with Crippen molar-refractivity contribution in [2.24, 2.45) is 0 Å². The molecular formula is C37H76N3O3PS3. The normalized spacial score (nSPS) is 10.5. The van der Waals surface area contributed by atoms with E-state index in [2.05, 4.69) is 63.9 Å². The summed E-state index contributed by atoms with van der Waals surface area (Å²) in [4.78, 5) is 10.9. The van der Waals surface area contributed by atoms with Crippen LogP contribution >= 0.6 is 42.7 Å². The Morgan fingerprint density at radius 1 is 0.702 bits per heavy atom. The molecule has 0 aliphatic carbocycles. The van der Waals surface area contributed by atoms with Gasteiger partial charge < -0.3 is 20.8 Å². The Kier molecular flexibility index (Phi) is 53.5. The number of hydrogen-bond acceptors (Lipinski definition) is 8. The monoisotopic (exact) mass is 737 g/mol. The topological polar surface area (TPSA) is 93.6 Å². The van der Waals surface area contributed by atoms with E-state index in [1.165, 1.54) is 83.5 Å². The highest BCUT2D eigenvalue weighted by Crippen LogP contribution is 2.15. The Bertz CT molecular complexity index is 714. The molecule has 0 spiro atoms. The van der Waals surface area contributed by atoms with Crippen molar-refractivity contribution >= 4 is 48.6 Å². The van der Waals surface area contributed by atoms with Crippen molar-refractivity contribution < 1.29 is 15.0 Å². The van der Waals surface area contributed by atoms with Crippen LogP contribution in [0.25, 0.3) is 0 Å². The maximum atomic E-state index is 10.9. The molecule has 5 N–H and O–H groups in total. The van der Waals surface area contributed by atoms with Crippen molar-refractivity contribution in [3.63, 3.8) is 0 Å². The molecule has 0 aromatic carbocycles. The highest BCUT2D eigenvalue weighted by Gasteiger charge is 2.01. The van der Waals surface area contributed by atoms with E-state index < -0.39 is 0 Å². The van der Waals surface area contributed by atoms with Crippen LogP contribution in [0.4, 0.5) is 0 Å². The number of carbonyl (C=O) groups excluding carboxylic acids is 1. The molecular weight excluding hydrogens is 662 g/mol. The smallest absolute Gasteiger partial charge is 0.219 e. The van der Waals surface area contributed by atoms with E-state index >= 15 is 0 Å². The minimum Gasteiger partial charge on any atom is -0.513 e. The number of nitrogens with one attached hydrogen (secondary N) is 3. The second-order valence-corrected chi connectivity index (χ2v) is 15.3. The summed E-state index contributed by atoms with van der Waals surface area (Å²) in [5.74, 6) is 0.627. The lowest BCUT2D eigenvalue weighted by Crippen LogP contribution is -2.23. The number of aliphatic hydroxyl groups is 2. The standard InChI is InChI=1S/C23H43NO2.C10H21N2OP.C2H6S2.C2H6S/c1-21(24-20-23(3)26)18-16-14-12-10-8-6-4-5-7-9-11-13-15-17-19-22(2)25;1-3-9(12-14)7-5-6-8-11-10(13)4-2;1-3-4-2;1-3-2/h24-26H,1-20H2;3,9,12H,1,4-8,14H2,2H3,(H,11,13);1-2H3;1-2H3. The molecule has 280 valence electrons. The van der Waals surface area contributed by atoms with Gasteiger partial charge in [0.15, 0.2) is 0 Å². The molecule has 0 radical (unpaired) electrons. The number of carbonyl (C=O) groups is 1. The molecule has 0 aromatic heterocycles. The van der Waals surface area contributed by atoms with Crippen LogP contribution in [0.1, 0.15) is 135 Å². The zero-order valence-electron chi connectivity index (χ0n) is 31.1. The zero-order valence-corrected chi connectivity index (χ0v) is 34.7. The first-order valence-electron chi connectivity index (χ1n) is 17.6. The van der Waals surface area contributed by atoms with Crippen LogP contribution in [0.3, 0.4) is 0 Å². The molecule has 10 heteroatoms. The summed E-state index contributed by atoms with van der Waals surface area (Å²) in [6.07, 6.45) is 33.9. The summed E-state index contributed by atoms with van der Waals surface area (Å²) in [6.45, 7) is 17.7. The zero-order chi connectivity index (χ0) is 36.4. The maximum Gasteiger partial charge on any atom is 0.219 e. The van der Waals surface area contributed by atoms with Gasteiger partial charge in [-0.15, -0.1) is 6.58 Å². The predicted molar refractivity (Wildman–Crippen MR) is 225 cm³/mol. The summed E-state index contributed by atoms with van der Waals surface area (Å²) >= 11 is 1.75. The van der Waals surface area contributed by atoms with Crippen molar-refractivity contribution in [3.8, 4) is 0 Å². The first kappa shape index (κ1) is 53.1. The molecule has 0 bridgehead atoms. The molecule has 0 aliphatic rings. The first-order chi connectivity index (χ1) is 22.6. The summed E-state index contributed by atoms with van der Waals surface area (Å²) in [5, 5.41) is 27.0. The van der Waals surface area contributed by atoms with Crippen LogP contribution in [0.15, 0.2) is 49.6 Å². The molecule has 0 heterocycles. The second-order valence-electron chi connectivity index (χ2n) is 11.5. The van der Waals surface area contributed by atoms with Crippen LogP contribution in [-0.2, 0) is 4.79 Å². The number of thioether (sulfide) groups is 1. The first-order valence-corrected chi connectivity index (χ1v) is 22.7. The van der Waals surface area contributed by atoms with Gasteiger partial charge in [0.05, 0.1) is 12.3 Å². The van der Waals surface area contributed by atoms with E-state index in [1.54, 1.807) is 33.3 Å². The van der Waals surface area contributed by atoms with Gasteiger partial charge in [-0.3, -0.25) is 9.88 Å². The molecule has 0 saturated heterocycles. The summed E-state index contributed by atoms with van der Waals surface area (Å²) < 4.78 is 0. The van der Waals surface area contributed by atoms with Gasteiger partial charge >= 0.3 is 0 Å². The molecule has 47 heavy (non-hydrogen) atoms. The van der Waals surface area contributed by atoms with Crippen molar-refractivity contribution in [3.05, 3.63) is 49.6 Å². The molecule has 2 unspecified atom stereocenters. The fourth-order valence-electron chi connectivity index (χ4n) is 4.22. The van der Waals surface area contributed by atoms with Gasteiger partial charge in [-0.2, -0.15) is 11.8 Å². The molecule has 0 aromatic rings. The van der Waals surface area contributed by atoms with Gasteiger partial charge in [-0.1, -0.05) is 141 Å². The average molecular weight is 738 g/mol. The van der Waals surface area contributed by atoms with Crippen LogP contribution in [-0.4, -0.2) is 60.3 Å². The molecule has 6 nitrogen and oxygen atoms in total. The molecule has 2 atom stereocenters. The number of amides is 1. The number of unbranched alkanes of at least 4 members (excludes halogenated alkanes) is 14. The van der Waals surface area contributed by atoms with E-state index in [4.69, 9.17) is 10.2 Å². The molecule has 0 saturated carbocycles. The number of hydrogen-bond donors (Lipinski definition) is 5. The lowest BCUT2D eigenvalue weighted by atomic mass is 10.0. The van der Waals surface area contributed by atoms with Gasteiger partial charge in [0.25, 0.3) is 0 Å². The number of rotatable bonds is 29. The fourth-order valence-corrected chi connectivity index (χ4v) is 4.52. The van der Waals surface area contributed by atoms with Crippen LogP contribution in [0.2, 0.25) is 0 Å². The summed E-state index contributed by atoms with van der Waals surface area (Å²) in [5.41, 5.74) is 0.999. The quantitative estimate of drug-likeness (QED) is 0.0170. The summed E-state index contributed by atoms with van der Waals surface area (Å²) in [7, 11) is 6.04. The molecule has 1 amide bonds. The highest BCUT2D eigenvalue weighted by molar-refractivity contribution is 8.76. The summed E-state index contributed by atoms with van der Waals surface area (Å²) in [6, 6.07) is 0.363. The Morgan fingerprint density at radius 3 is 1.47 bits per heavy atom. The Labute approximate surface area is 307 Å². The number of aliphatic hydroxyl groups excluding tert-OH is 2. The Hall–Kier alpha value is -0.730. The third kappa shape index (κ3) is 57.9. The van der Waals surface area contributed by atoms with Crippen molar-refractivity contribution in [1.29, 1.82) is 0 Å². The minimum atomic E-state index is 0.134. The average Bonchev–Trinajstić information content (AvgIpc) is 3.05. The minimum absolute atomic E-state index is 0.134. The van der Waals surface area contributed by atoms with E-state index in [0.29, 0.717) is 24.8 Å². The Balaban J connectivity index is -0.000000365. The SMILES string of the molecule is C=C(O)CCCCCCCCCCCCCCCCC(=C)NCC(=C)O.C=CC(CCCCNC(=O)CC)NP.CSC.CSSC. The van der Waals surface area contributed by atoms with E-state index in [1.807, 2.05) is 25.5 Å². The third-order valence-corrected chi connectivity index (χ3v) is 8.75. The van der Waals surface area contributed by atoms with Crippen LogP contribution < -0.4 is 15.7 Å². The molecule has 0 aliphatic heterocycles. The van der Waals surface area contributed by atoms with E-state index in [0.717, 1.165) is 50.8 Å². The van der Waals surface area contributed by atoms with Crippen LogP contribution in [0.5, 0.6) is 0 Å². The largest absolute Gasteiger partial charge is 0.513 e. The van der Waals surface area contributed by atoms with E-state index in [-0.39, 0.29) is 11.7 Å². The van der Waals surface area contributed by atoms with Gasteiger partial charge in [-0.05, 0) is 63.5 Å². The molecule has 0 fully saturated rings. The van der Waals surface area contributed by atoms with E-state index in [9.17, 15) is 4.79 Å². The lowest BCUT2D eigenvalue weighted by molar-refractivity contribution is -0.120. The lowest BCUT2D eigenvalue weighted by Gasteiger charge is -2.10. The highest BCUT2D eigenvalue weighted by atomic mass is 33.1. The van der Waals surface area contributed by atoms with Crippen LogP contribution in [0, 0.1) is 0 Å². The third-order valence-electron chi connectivity index (χ3n) is 6.99. The Morgan fingerprint density at radius 2 is 1.13 bits per heavy atom. The second kappa shape index (κ2) is 47.4. The maximum absolute atomic E-state index is 10.9.